The second-order valence-electron chi connectivity index (χ2n) is 9.95. The highest BCUT2D eigenvalue weighted by atomic mass is 32.2. The van der Waals surface area contributed by atoms with Crippen LogP contribution in [0, 0.1) is 11.8 Å². The normalized spacial score (nSPS) is 24.7. The fraction of sp³-hybridized carbons (Fsp3) is 0.387. The van der Waals surface area contributed by atoms with E-state index in [1.165, 1.54) is 23.1 Å². The van der Waals surface area contributed by atoms with Crippen molar-refractivity contribution in [3.8, 4) is 5.75 Å². The van der Waals surface area contributed by atoms with Crippen LogP contribution in [0.3, 0.4) is 0 Å². The molecule has 37 heavy (non-hydrogen) atoms. The molecule has 3 heterocycles. The van der Waals surface area contributed by atoms with Crippen LogP contribution in [0.25, 0.3) is 0 Å². The van der Waals surface area contributed by atoms with E-state index in [-0.39, 0.29) is 35.8 Å². The Morgan fingerprint density at radius 3 is 2.30 bits per heavy atom. The van der Waals surface area contributed by atoms with Crippen LogP contribution in [0.1, 0.15) is 29.0 Å². The number of carbonyl (C=O) groups is 1. The molecule has 3 aliphatic heterocycles. The molecule has 1 N–H and O–H groups in total. The Morgan fingerprint density at radius 1 is 1.03 bits per heavy atom. The van der Waals surface area contributed by atoms with Gasteiger partial charge in [0.1, 0.15) is 5.75 Å². The second-order valence-corrected chi connectivity index (χ2v) is 10.8. The Balaban J connectivity index is 1.54. The van der Waals surface area contributed by atoms with Crippen LogP contribution in [0.4, 0.5) is 0 Å². The number of nitrogens with one attached hydrogen (secondary N) is 1. The number of methoxy groups -OCH3 is 2. The fourth-order valence-electron chi connectivity index (χ4n) is 6.42. The van der Waals surface area contributed by atoms with Gasteiger partial charge in [0.05, 0.1) is 20.1 Å². The van der Waals surface area contributed by atoms with Crippen LogP contribution in [-0.2, 0) is 16.1 Å². The number of rotatable bonds is 9. The molecule has 0 radical (unpaired) electrons. The Bertz CT molecular complexity index is 1150. The first-order valence-corrected chi connectivity index (χ1v) is 14.2. The van der Waals surface area contributed by atoms with Gasteiger partial charge in [0.2, 0.25) is 0 Å². The topological polar surface area (TPSA) is 50.8 Å². The quantitative estimate of drug-likeness (QED) is 0.312. The summed E-state index contributed by atoms with van der Waals surface area (Å²) in [6, 6.07) is 28.3. The van der Waals surface area contributed by atoms with Gasteiger partial charge in [-0.05, 0) is 54.5 Å². The summed E-state index contributed by atoms with van der Waals surface area (Å²) in [6.45, 7) is 2.40. The lowest BCUT2D eigenvalue weighted by Gasteiger charge is -2.56. The minimum atomic E-state index is -0.126. The molecule has 0 saturated carbocycles. The summed E-state index contributed by atoms with van der Waals surface area (Å²) in [6.07, 6.45) is 3.07. The standard InChI is InChI=1S/C31H36N2O3S/c1-35-27-15-14-24(37-3)18-23(27)19-32-29-25-16-17-33(20-26(25)31(34)36-2)30(29)28(21-10-6-4-7-11-21)22-12-8-5-9-13-22/h4-15,18,25-26,28-30,32H,16-17,19-20H2,1-3H3/t25-,26+,29-,30+/m1/s1. The second kappa shape index (κ2) is 11.7. The average Bonchev–Trinajstić information content (AvgIpc) is 2.97. The van der Waals surface area contributed by atoms with Gasteiger partial charge in [-0.1, -0.05) is 60.7 Å². The molecule has 0 aromatic heterocycles. The first-order valence-electron chi connectivity index (χ1n) is 13.0. The van der Waals surface area contributed by atoms with Crippen molar-refractivity contribution in [3.63, 3.8) is 0 Å². The summed E-state index contributed by atoms with van der Waals surface area (Å²) in [4.78, 5) is 16.6. The van der Waals surface area contributed by atoms with E-state index in [2.05, 4.69) is 89.3 Å². The van der Waals surface area contributed by atoms with Crippen molar-refractivity contribution in [1.82, 2.24) is 10.2 Å². The van der Waals surface area contributed by atoms with Gasteiger partial charge < -0.3 is 14.8 Å². The molecule has 3 aromatic carbocycles. The highest BCUT2D eigenvalue weighted by Crippen LogP contribution is 2.44. The van der Waals surface area contributed by atoms with Gasteiger partial charge in [-0.2, -0.15) is 0 Å². The van der Waals surface area contributed by atoms with Crippen LogP contribution in [0.2, 0.25) is 0 Å². The maximum atomic E-state index is 12.9. The van der Waals surface area contributed by atoms with Crippen molar-refractivity contribution in [1.29, 1.82) is 0 Å². The lowest BCUT2D eigenvalue weighted by molar-refractivity contribution is -0.156. The van der Waals surface area contributed by atoms with E-state index < -0.39 is 0 Å². The SMILES string of the molecule is COC(=O)[C@H]1CN2CC[C@H]1[C@@H](NCc1cc(SC)ccc1OC)[C@@H]2C(c1ccccc1)c1ccccc1. The number of fused-ring (bicyclic) bond motifs is 3. The van der Waals surface area contributed by atoms with Crippen molar-refractivity contribution in [2.24, 2.45) is 11.8 Å². The Kier molecular flexibility index (Phi) is 8.18. The summed E-state index contributed by atoms with van der Waals surface area (Å²) in [5.74, 6) is 1.04. The molecule has 0 aliphatic carbocycles. The molecule has 2 bridgehead atoms. The molecule has 5 atom stereocenters. The molecule has 6 rings (SSSR count). The van der Waals surface area contributed by atoms with Gasteiger partial charge in [-0.3, -0.25) is 9.69 Å². The van der Waals surface area contributed by atoms with Crippen molar-refractivity contribution < 1.29 is 14.3 Å². The number of piperidine rings is 3. The number of carbonyl (C=O) groups excluding carboxylic acids is 1. The summed E-state index contributed by atoms with van der Waals surface area (Å²) in [5.41, 5.74) is 3.74. The van der Waals surface area contributed by atoms with Gasteiger partial charge in [0, 0.05) is 41.6 Å². The largest absolute Gasteiger partial charge is 0.496 e. The number of ether oxygens (including phenoxy) is 2. The van der Waals surface area contributed by atoms with Crippen LogP contribution in [-0.4, -0.2) is 56.5 Å². The van der Waals surface area contributed by atoms with E-state index in [1.54, 1.807) is 18.9 Å². The van der Waals surface area contributed by atoms with Crippen LogP contribution < -0.4 is 10.1 Å². The van der Waals surface area contributed by atoms with Crippen molar-refractivity contribution in [2.75, 3.05) is 33.6 Å². The monoisotopic (exact) mass is 516 g/mol. The van der Waals surface area contributed by atoms with Gasteiger partial charge >= 0.3 is 5.97 Å². The molecule has 1 unspecified atom stereocenters. The predicted octanol–water partition coefficient (Wildman–Crippen LogP) is 5.20. The van der Waals surface area contributed by atoms with Crippen molar-refractivity contribution in [2.45, 2.75) is 35.9 Å². The zero-order valence-electron chi connectivity index (χ0n) is 21.8. The Labute approximate surface area is 224 Å². The molecular formula is C31H36N2O3S. The smallest absolute Gasteiger partial charge is 0.310 e. The number of benzene rings is 3. The highest BCUT2D eigenvalue weighted by Gasteiger charge is 2.52. The van der Waals surface area contributed by atoms with Crippen molar-refractivity contribution >= 4 is 17.7 Å². The lowest BCUT2D eigenvalue weighted by Crippen LogP contribution is -2.68. The third-order valence-electron chi connectivity index (χ3n) is 8.13. The summed E-state index contributed by atoms with van der Waals surface area (Å²) >= 11 is 1.73. The zero-order chi connectivity index (χ0) is 25.8. The summed E-state index contributed by atoms with van der Waals surface area (Å²) in [7, 11) is 3.23. The minimum Gasteiger partial charge on any atom is -0.496 e. The molecular weight excluding hydrogens is 480 g/mol. The maximum Gasteiger partial charge on any atom is 0.310 e. The lowest BCUT2D eigenvalue weighted by atomic mass is 9.66. The molecule has 3 aromatic rings. The number of esters is 1. The van der Waals surface area contributed by atoms with Gasteiger partial charge in [0.15, 0.2) is 0 Å². The van der Waals surface area contributed by atoms with Gasteiger partial charge in [-0.25, -0.2) is 0 Å². The number of thioether (sulfide) groups is 1. The zero-order valence-corrected chi connectivity index (χ0v) is 22.6. The molecule has 6 heteroatoms. The average molecular weight is 517 g/mol. The predicted molar refractivity (Wildman–Crippen MR) is 149 cm³/mol. The van der Waals surface area contributed by atoms with E-state index in [4.69, 9.17) is 9.47 Å². The maximum absolute atomic E-state index is 12.9. The van der Waals surface area contributed by atoms with Crippen LogP contribution in [0.5, 0.6) is 5.75 Å². The molecule has 3 fully saturated rings. The Hall–Kier alpha value is -2.80. The van der Waals surface area contributed by atoms with E-state index >= 15 is 0 Å². The van der Waals surface area contributed by atoms with Gasteiger partial charge in [0.25, 0.3) is 0 Å². The third kappa shape index (κ3) is 5.28. The van der Waals surface area contributed by atoms with E-state index in [1.807, 2.05) is 6.07 Å². The number of hydrogen-bond donors (Lipinski definition) is 1. The molecule has 0 amide bonds. The molecule has 194 valence electrons. The van der Waals surface area contributed by atoms with E-state index in [0.29, 0.717) is 6.54 Å². The van der Waals surface area contributed by atoms with E-state index in [0.717, 1.165) is 30.8 Å². The highest BCUT2D eigenvalue weighted by molar-refractivity contribution is 7.98. The molecule has 3 aliphatic rings. The number of hydrogen-bond acceptors (Lipinski definition) is 6. The van der Waals surface area contributed by atoms with Crippen LogP contribution >= 0.6 is 11.8 Å². The fourth-order valence-corrected chi connectivity index (χ4v) is 6.89. The summed E-state index contributed by atoms with van der Waals surface area (Å²) < 4.78 is 11.0. The number of nitrogens with zero attached hydrogens (tertiary/aromatic N) is 1. The first-order chi connectivity index (χ1) is 18.1. The van der Waals surface area contributed by atoms with Crippen molar-refractivity contribution in [3.05, 3.63) is 95.6 Å². The molecule has 5 nitrogen and oxygen atoms in total. The minimum absolute atomic E-state index is 0.0992. The molecule has 3 saturated heterocycles. The van der Waals surface area contributed by atoms with E-state index in [9.17, 15) is 4.79 Å². The van der Waals surface area contributed by atoms with Crippen LogP contribution in [0.15, 0.2) is 83.8 Å². The van der Waals surface area contributed by atoms with Gasteiger partial charge in [-0.15, -0.1) is 11.8 Å². The Morgan fingerprint density at radius 2 is 1.70 bits per heavy atom. The summed E-state index contributed by atoms with van der Waals surface area (Å²) in [5, 5.41) is 3.94. The third-order valence-corrected chi connectivity index (χ3v) is 8.85. The molecule has 0 spiro atoms. The first kappa shape index (κ1) is 25.8.